The van der Waals surface area contributed by atoms with E-state index in [4.69, 9.17) is 0 Å². The molecule has 0 fully saturated rings. The summed E-state index contributed by atoms with van der Waals surface area (Å²) in [4.78, 5) is 15.4. The lowest BCUT2D eigenvalue weighted by molar-refractivity contribution is 0.0980. The number of unbranched alkanes of at least 4 members (excludes halogenated alkanes) is 2. The van der Waals surface area contributed by atoms with Crippen LogP contribution < -0.4 is 10.2 Å². The molecule has 1 amide bonds. The van der Waals surface area contributed by atoms with Crippen molar-refractivity contribution in [3.63, 3.8) is 0 Å². The molecule has 1 aliphatic rings. The summed E-state index contributed by atoms with van der Waals surface area (Å²) in [5.41, 5.74) is 6.40. The lowest BCUT2D eigenvalue weighted by Crippen LogP contribution is -2.31. The van der Waals surface area contributed by atoms with Gasteiger partial charge < -0.3 is 14.8 Å². The minimum Gasteiger partial charge on any atom is -0.352 e. The zero-order valence-corrected chi connectivity index (χ0v) is 16.6. The number of fused-ring (bicyclic) bond motifs is 2. The fourth-order valence-electron chi connectivity index (χ4n) is 3.90. The molecule has 4 nitrogen and oxygen atoms in total. The van der Waals surface area contributed by atoms with Gasteiger partial charge in [0.05, 0.1) is 17.1 Å². The van der Waals surface area contributed by atoms with Crippen molar-refractivity contribution >= 4 is 23.0 Å². The Labute approximate surface area is 157 Å². The predicted octanol–water partition coefficient (Wildman–Crippen LogP) is 5.66. The Hall–Kier alpha value is -2.23. The van der Waals surface area contributed by atoms with Gasteiger partial charge in [-0.05, 0) is 50.8 Å². The normalized spacial score (nSPS) is 13.2. The second kappa shape index (κ2) is 7.98. The number of benzene rings is 1. The van der Waals surface area contributed by atoms with E-state index in [1.807, 2.05) is 30.0 Å². The number of hydrogen-bond donors (Lipinski definition) is 1. The van der Waals surface area contributed by atoms with Crippen LogP contribution in [-0.4, -0.2) is 17.0 Å². The number of para-hydroxylation sites is 2. The van der Waals surface area contributed by atoms with Gasteiger partial charge in [0, 0.05) is 18.8 Å². The number of nitrogens with one attached hydrogen (secondary N) is 1. The molecule has 0 saturated carbocycles. The van der Waals surface area contributed by atoms with Gasteiger partial charge >= 0.3 is 0 Å². The first kappa shape index (κ1) is 18.6. The quantitative estimate of drug-likeness (QED) is 0.697. The first-order chi connectivity index (χ1) is 12.6. The fraction of sp³-hybridized carbons (Fsp3) is 0.500. The highest BCUT2D eigenvalue weighted by molar-refractivity contribution is 6.13. The van der Waals surface area contributed by atoms with Crippen LogP contribution in [0.4, 0.5) is 17.1 Å². The average Bonchev–Trinajstić information content (AvgIpc) is 2.83. The van der Waals surface area contributed by atoms with Gasteiger partial charge in [0.2, 0.25) is 0 Å². The van der Waals surface area contributed by atoms with Gasteiger partial charge in [0.25, 0.3) is 5.91 Å². The Morgan fingerprint density at radius 2 is 1.77 bits per heavy atom. The van der Waals surface area contributed by atoms with Crippen molar-refractivity contribution in [3.05, 3.63) is 41.2 Å². The molecule has 0 unspecified atom stereocenters. The van der Waals surface area contributed by atoms with E-state index in [0.29, 0.717) is 6.54 Å². The molecule has 1 N–H and O–H groups in total. The molecule has 0 radical (unpaired) electrons. The average molecular weight is 354 g/mol. The van der Waals surface area contributed by atoms with E-state index in [1.54, 1.807) is 0 Å². The Morgan fingerprint density at radius 1 is 1.04 bits per heavy atom. The van der Waals surface area contributed by atoms with Crippen molar-refractivity contribution in [3.8, 4) is 0 Å². The Bertz CT molecular complexity index is 791. The third kappa shape index (κ3) is 3.13. The number of aromatic nitrogens is 1. The minimum absolute atomic E-state index is 0.113. The van der Waals surface area contributed by atoms with Gasteiger partial charge in [-0.1, -0.05) is 38.8 Å². The highest BCUT2D eigenvalue weighted by Gasteiger charge is 2.32. The van der Waals surface area contributed by atoms with Crippen LogP contribution in [0.15, 0.2) is 24.3 Å². The summed E-state index contributed by atoms with van der Waals surface area (Å²) < 4.78 is 2.26. The number of amides is 1. The fourth-order valence-corrected chi connectivity index (χ4v) is 3.90. The van der Waals surface area contributed by atoms with Crippen LogP contribution in [0.5, 0.6) is 0 Å². The molecule has 0 saturated heterocycles. The van der Waals surface area contributed by atoms with Gasteiger partial charge in [-0.2, -0.15) is 0 Å². The van der Waals surface area contributed by atoms with Crippen molar-refractivity contribution < 1.29 is 4.79 Å². The number of nitrogens with zero attached hydrogens (tertiary/aromatic N) is 2. The van der Waals surface area contributed by atoms with E-state index in [0.717, 1.165) is 61.4 Å². The molecular formula is C22H31N3O. The van der Waals surface area contributed by atoms with Crippen molar-refractivity contribution in [1.29, 1.82) is 0 Å². The molecule has 0 spiro atoms. The number of carbonyl (C=O) groups is 1. The van der Waals surface area contributed by atoms with Crippen LogP contribution in [0, 0.1) is 6.92 Å². The van der Waals surface area contributed by atoms with Crippen molar-refractivity contribution in [2.24, 2.45) is 0 Å². The summed E-state index contributed by atoms with van der Waals surface area (Å²) in [5.74, 6) is 0.113. The van der Waals surface area contributed by atoms with Crippen LogP contribution in [-0.2, 0) is 13.0 Å². The second-order valence-electron chi connectivity index (χ2n) is 7.09. The molecule has 0 aliphatic carbocycles. The first-order valence-corrected chi connectivity index (χ1v) is 10.0. The van der Waals surface area contributed by atoms with E-state index in [2.05, 4.69) is 36.7 Å². The summed E-state index contributed by atoms with van der Waals surface area (Å²) >= 11 is 0. The van der Waals surface area contributed by atoms with E-state index in [9.17, 15) is 4.79 Å². The van der Waals surface area contributed by atoms with Crippen molar-refractivity contribution in [2.75, 3.05) is 16.8 Å². The molecule has 0 bridgehead atoms. The summed E-state index contributed by atoms with van der Waals surface area (Å²) in [6, 6.07) is 8.13. The van der Waals surface area contributed by atoms with Gasteiger partial charge in [0.15, 0.2) is 0 Å². The maximum atomic E-state index is 13.5. The largest absolute Gasteiger partial charge is 0.352 e. The maximum Gasteiger partial charge on any atom is 0.277 e. The standard InChI is InChI=1S/C22H31N3O/c1-5-8-12-17-16(4)25(15-9-6-2)21-20(17)23-18-13-10-11-14-19(18)24(7-3)22(21)26/h10-11,13-14,23H,5-9,12,15H2,1-4H3. The summed E-state index contributed by atoms with van der Waals surface area (Å²) in [5, 5.41) is 3.63. The lowest BCUT2D eigenvalue weighted by Gasteiger charge is -2.22. The SMILES string of the molecule is CCCCc1c2c(n(CCCC)c1C)C(=O)N(CC)c1ccccc1N2. The predicted molar refractivity (Wildman–Crippen MR) is 110 cm³/mol. The zero-order chi connectivity index (χ0) is 18.7. The highest BCUT2D eigenvalue weighted by Crippen LogP contribution is 2.40. The highest BCUT2D eigenvalue weighted by atomic mass is 16.2. The summed E-state index contributed by atoms with van der Waals surface area (Å²) in [7, 11) is 0. The molecule has 3 rings (SSSR count). The van der Waals surface area contributed by atoms with Crippen LogP contribution in [0.3, 0.4) is 0 Å². The molecule has 2 aromatic rings. The molecule has 1 aromatic carbocycles. The van der Waals surface area contributed by atoms with Crippen LogP contribution in [0.2, 0.25) is 0 Å². The first-order valence-electron chi connectivity index (χ1n) is 10.0. The minimum atomic E-state index is 0.113. The van der Waals surface area contributed by atoms with Gasteiger partial charge in [-0.25, -0.2) is 0 Å². The molecule has 2 heterocycles. The molecule has 140 valence electrons. The number of anilines is 3. The van der Waals surface area contributed by atoms with Crippen LogP contribution in [0.25, 0.3) is 0 Å². The Balaban J connectivity index is 2.19. The van der Waals surface area contributed by atoms with Gasteiger partial charge in [-0.3, -0.25) is 4.79 Å². The number of carbonyl (C=O) groups excluding carboxylic acids is 1. The molecule has 1 aromatic heterocycles. The molecule has 0 atom stereocenters. The molecule has 26 heavy (non-hydrogen) atoms. The van der Waals surface area contributed by atoms with Crippen molar-refractivity contribution in [2.45, 2.75) is 66.3 Å². The maximum absolute atomic E-state index is 13.5. The topological polar surface area (TPSA) is 37.3 Å². The third-order valence-corrected chi connectivity index (χ3v) is 5.38. The summed E-state index contributed by atoms with van der Waals surface area (Å²) in [6.07, 6.45) is 5.51. The van der Waals surface area contributed by atoms with Crippen LogP contribution >= 0.6 is 0 Å². The molecule has 4 heteroatoms. The number of rotatable bonds is 7. The van der Waals surface area contributed by atoms with Gasteiger partial charge in [-0.15, -0.1) is 0 Å². The lowest BCUT2D eigenvalue weighted by atomic mass is 10.1. The van der Waals surface area contributed by atoms with Crippen molar-refractivity contribution in [1.82, 2.24) is 4.57 Å². The third-order valence-electron chi connectivity index (χ3n) is 5.38. The second-order valence-corrected chi connectivity index (χ2v) is 7.09. The van der Waals surface area contributed by atoms with E-state index in [1.165, 1.54) is 11.3 Å². The van der Waals surface area contributed by atoms with E-state index >= 15 is 0 Å². The van der Waals surface area contributed by atoms with E-state index in [-0.39, 0.29) is 5.91 Å². The Morgan fingerprint density at radius 3 is 2.46 bits per heavy atom. The van der Waals surface area contributed by atoms with Gasteiger partial charge in [0.1, 0.15) is 5.69 Å². The monoisotopic (exact) mass is 353 g/mol. The Kier molecular flexibility index (Phi) is 5.70. The zero-order valence-electron chi connectivity index (χ0n) is 16.6. The molecule has 1 aliphatic heterocycles. The smallest absolute Gasteiger partial charge is 0.277 e. The van der Waals surface area contributed by atoms with E-state index < -0.39 is 0 Å². The molecular weight excluding hydrogens is 322 g/mol. The van der Waals surface area contributed by atoms with Crippen LogP contribution in [0.1, 0.15) is 68.2 Å². The number of hydrogen-bond acceptors (Lipinski definition) is 2. The summed E-state index contributed by atoms with van der Waals surface area (Å²) in [6.45, 7) is 10.2.